The van der Waals surface area contributed by atoms with Gasteiger partial charge in [0.2, 0.25) is 11.8 Å². The molecule has 5 nitrogen and oxygen atoms in total. The summed E-state index contributed by atoms with van der Waals surface area (Å²) in [6.07, 6.45) is 2.12. The van der Waals surface area contributed by atoms with Crippen LogP contribution in [0.3, 0.4) is 0 Å². The number of ketones is 1. The Labute approximate surface area is 166 Å². The zero-order chi connectivity index (χ0) is 20.4. The minimum Gasteiger partial charge on any atom is -0.343 e. The Morgan fingerprint density at radius 3 is 2.11 bits per heavy atom. The van der Waals surface area contributed by atoms with E-state index >= 15 is 0 Å². The van der Waals surface area contributed by atoms with Crippen LogP contribution in [0.25, 0.3) is 0 Å². The summed E-state index contributed by atoms with van der Waals surface area (Å²) >= 11 is 0. The summed E-state index contributed by atoms with van der Waals surface area (Å²) in [7, 11) is 0. The third-order valence-electron chi connectivity index (χ3n) is 4.35. The molecule has 2 aromatic rings. The van der Waals surface area contributed by atoms with Crippen LogP contribution in [-0.2, 0) is 9.59 Å². The van der Waals surface area contributed by atoms with E-state index in [-0.39, 0.29) is 30.4 Å². The minimum atomic E-state index is -0.231. The van der Waals surface area contributed by atoms with Crippen molar-refractivity contribution in [1.82, 2.24) is 4.90 Å². The maximum absolute atomic E-state index is 12.5. The van der Waals surface area contributed by atoms with E-state index in [0.717, 1.165) is 25.9 Å². The number of hydrogen-bond donors (Lipinski definition) is 1. The van der Waals surface area contributed by atoms with Gasteiger partial charge in [-0.2, -0.15) is 0 Å². The molecule has 148 valence electrons. The SMILES string of the molecule is CCCN(CCC)C(=O)CCC(=O)Nc1cccc(C(=O)c2ccccc2)c1. The van der Waals surface area contributed by atoms with Crippen molar-refractivity contribution >= 4 is 23.3 Å². The molecule has 2 amide bonds. The van der Waals surface area contributed by atoms with Gasteiger partial charge in [-0.15, -0.1) is 0 Å². The summed E-state index contributed by atoms with van der Waals surface area (Å²) in [5.41, 5.74) is 1.67. The monoisotopic (exact) mass is 380 g/mol. The first-order chi connectivity index (χ1) is 13.5. The van der Waals surface area contributed by atoms with E-state index < -0.39 is 0 Å². The maximum atomic E-state index is 12.5. The number of rotatable bonds is 10. The van der Waals surface area contributed by atoms with Crippen molar-refractivity contribution in [1.29, 1.82) is 0 Å². The van der Waals surface area contributed by atoms with Crippen LogP contribution in [0, 0.1) is 0 Å². The number of nitrogens with zero attached hydrogens (tertiary/aromatic N) is 1. The summed E-state index contributed by atoms with van der Waals surface area (Å²) in [5, 5.41) is 2.79. The molecule has 2 aromatic carbocycles. The van der Waals surface area contributed by atoms with Crippen LogP contribution in [0.1, 0.15) is 55.5 Å². The van der Waals surface area contributed by atoms with E-state index in [1.165, 1.54) is 0 Å². The smallest absolute Gasteiger partial charge is 0.224 e. The topological polar surface area (TPSA) is 66.5 Å². The average molecular weight is 380 g/mol. The molecule has 0 saturated carbocycles. The number of anilines is 1. The first-order valence-corrected chi connectivity index (χ1v) is 9.82. The zero-order valence-electron chi connectivity index (χ0n) is 16.6. The summed E-state index contributed by atoms with van der Waals surface area (Å²) in [6.45, 7) is 5.51. The van der Waals surface area contributed by atoms with Gasteiger partial charge in [-0.05, 0) is 25.0 Å². The highest BCUT2D eigenvalue weighted by Crippen LogP contribution is 2.15. The molecular formula is C23H28N2O3. The molecule has 5 heteroatoms. The van der Waals surface area contributed by atoms with Crippen LogP contribution < -0.4 is 5.32 Å². The van der Waals surface area contributed by atoms with E-state index in [0.29, 0.717) is 16.8 Å². The van der Waals surface area contributed by atoms with E-state index in [4.69, 9.17) is 0 Å². The number of carbonyl (C=O) groups excluding carboxylic acids is 3. The fourth-order valence-corrected chi connectivity index (χ4v) is 3.00. The maximum Gasteiger partial charge on any atom is 0.224 e. The van der Waals surface area contributed by atoms with E-state index in [1.54, 1.807) is 36.4 Å². The van der Waals surface area contributed by atoms with Gasteiger partial charge in [-0.25, -0.2) is 0 Å². The van der Waals surface area contributed by atoms with Crippen LogP contribution in [0.2, 0.25) is 0 Å². The molecule has 0 bridgehead atoms. The highest BCUT2D eigenvalue weighted by Gasteiger charge is 2.14. The average Bonchev–Trinajstić information content (AvgIpc) is 2.72. The molecule has 2 rings (SSSR count). The van der Waals surface area contributed by atoms with Crippen molar-refractivity contribution in [2.75, 3.05) is 18.4 Å². The van der Waals surface area contributed by atoms with E-state index in [9.17, 15) is 14.4 Å². The summed E-state index contributed by atoms with van der Waals surface area (Å²) < 4.78 is 0. The Morgan fingerprint density at radius 2 is 1.46 bits per heavy atom. The van der Waals surface area contributed by atoms with Crippen molar-refractivity contribution in [2.24, 2.45) is 0 Å². The summed E-state index contributed by atoms with van der Waals surface area (Å²) in [6, 6.07) is 15.9. The van der Waals surface area contributed by atoms with Crippen molar-refractivity contribution in [3.8, 4) is 0 Å². The van der Waals surface area contributed by atoms with Gasteiger partial charge in [0.1, 0.15) is 0 Å². The molecule has 1 N–H and O–H groups in total. The second-order valence-electron chi connectivity index (χ2n) is 6.70. The largest absolute Gasteiger partial charge is 0.343 e. The number of carbonyl (C=O) groups is 3. The lowest BCUT2D eigenvalue weighted by Gasteiger charge is -2.21. The van der Waals surface area contributed by atoms with Crippen molar-refractivity contribution in [3.63, 3.8) is 0 Å². The van der Waals surface area contributed by atoms with Gasteiger partial charge in [0, 0.05) is 42.7 Å². The van der Waals surface area contributed by atoms with Gasteiger partial charge in [0.15, 0.2) is 5.78 Å². The first-order valence-electron chi connectivity index (χ1n) is 9.82. The standard InChI is InChI=1S/C23H28N2O3/c1-3-15-25(16-4-2)22(27)14-13-21(26)24-20-12-8-11-19(17-20)23(28)18-9-6-5-7-10-18/h5-12,17H,3-4,13-16H2,1-2H3,(H,24,26). The molecule has 0 unspecified atom stereocenters. The van der Waals surface area contributed by atoms with E-state index in [1.807, 2.05) is 36.9 Å². The minimum absolute atomic E-state index is 0.00635. The molecule has 0 radical (unpaired) electrons. The van der Waals surface area contributed by atoms with Crippen LogP contribution in [0.15, 0.2) is 54.6 Å². The molecular weight excluding hydrogens is 352 g/mol. The normalized spacial score (nSPS) is 10.4. The molecule has 0 aliphatic heterocycles. The molecule has 0 atom stereocenters. The van der Waals surface area contributed by atoms with Gasteiger partial charge in [-0.1, -0.05) is 56.3 Å². The number of nitrogens with one attached hydrogen (secondary N) is 1. The van der Waals surface area contributed by atoms with Crippen LogP contribution >= 0.6 is 0 Å². The molecule has 0 fully saturated rings. The lowest BCUT2D eigenvalue weighted by molar-refractivity contribution is -0.132. The van der Waals surface area contributed by atoms with Crippen molar-refractivity contribution < 1.29 is 14.4 Å². The van der Waals surface area contributed by atoms with Gasteiger partial charge < -0.3 is 10.2 Å². The highest BCUT2D eigenvalue weighted by molar-refractivity contribution is 6.09. The Bertz CT molecular complexity index is 797. The molecule has 0 saturated heterocycles. The Balaban J connectivity index is 1.93. The fourth-order valence-electron chi connectivity index (χ4n) is 3.00. The first kappa shape index (κ1) is 21.4. The van der Waals surface area contributed by atoms with Crippen LogP contribution in [-0.4, -0.2) is 35.6 Å². The molecule has 0 aromatic heterocycles. The second kappa shape index (κ2) is 11.0. The fraction of sp³-hybridized carbons (Fsp3) is 0.348. The Kier molecular flexibility index (Phi) is 8.40. The molecule has 0 aliphatic carbocycles. The third-order valence-corrected chi connectivity index (χ3v) is 4.35. The Hall–Kier alpha value is -2.95. The summed E-state index contributed by atoms with van der Waals surface area (Å²) in [4.78, 5) is 38.9. The van der Waals surface area contributed by atoms with Crippen LogP contribution in [0.5, 0.6) is 0 Å². The van der Waals surface area contributed by atoms with Gasteiger partial charge in [0.25, 0.3) is 0 Å². The predicted octanol–water partition coefficient (Wildman–Crippen LogP) is 4.28. The Morgan fingerprint density at radius 1 is 0.821 bits per heavy atom. The number of benzene rings is 2. The lowest BCUT2D eigenvalue weighted by atomic mass is 10.0. The number of amides is 2. The molecule has 0 heterocycles. The molecule has 0 spiro atoms. The van der Waals surface area contributed by atoms with Gasteiger partial charge in [0.05, 0.1) is 0 Å². The predicted molar refractivity (Wildman–Crippen MR) is 111 cm³/mol. The quantitative estimate of drug-likeness (QED) is 0.626. The van der Waals surface area contributed by atoms with Crippen molar-refractivity contribution in [2.45, 2.75) is 39.5 Å². The van der Waals surface area contributed by atoms with E-state index in [2.05, 4.69) is 5.32 Å². The lowest BCUT2D eigenvalue weighted by Crippen LogP contribution is -2.33. The summed E-state index contributed by atoms with van der Waals surface area (Å²) in [5.74, 6) is -0.320. The third kappa shape index (κ3) is 6.34. The molecule has 0 aliphatic rings. The van der Waals surface area contributed by atoms with Gasteiger partial charge >= 0.3 is 0 Å². The van der Waals surface area contributed by atoms with Gasteiger partial charge in [-0.3, -0.25) is 14.4 Å². The second-order valence-corrected chi connectivity index (χ2v) is 6.70. The van der Waals surface area contributed by atoms with Crippen molar-refractivity contribution in [3.05, 3.63) is 65.7 Å². The highest BCUT2D eigenvalue weighted by atomic mass is 16.2. The number of hydrogen-bond acceptors (Lipinski definition) is 3. The molecule has 28 heavy (non-hydrogen) atoms. The zero-order valence-corrected chi connectivity index (χ0v) is 16.6. The van der Waals surface area contributed by atoms with Crippen LogP contribution in [0.4, 0.5) is 5.69 Å².